The highest BCUT2D eigenvalue weighted by Crippen LogP contribution is 2.31. The molecule has 3 heterocycles. The van der Waals surface area contributed by atoms with Crippen LogP contribution in [-0.2, 0) is 25.8 Å². The number of rotatable bonds is 6. The van der Waals surface area contributed by atoms with Crippen LogP contribution in [0.15, 0.2) is 79.3 Å². The molecule has 2 aromatic heterocycles. The van der Waals surface area contributed by atoms with Gasteiger partial charge in [0.1, 0.15) is 0 Å². The van der Waals surface area contributed by atoms with Crippen LogP contribution in [-0.4, -0.2) is 32.1 Å². The molecule has 4 aromatic rings. The third-order valence-corrected chi connectivity index (χ3v) is 6.00. The smallest absolute Gasteiger partial charge is 0.322 e. The first kappa shape index (κ1) is 22.8. The molecule has 0 saturated carbocycles. The highest BCUT2D eigenvalue weighted by molar-refractivity contribution is 6.08. The Labute approximate surface area is 200 Å². The van der Waals surface area contributed by atoms with Crippen LogP contribution in [0.5, 0.6) is 0 Å². The fourth-order valence-corrected chi connectivity index (χ4v) is 4.20. The molecule has 1 N–H and O–H groups in total. The van der Waals surface area contributed by atoms with Gasteiger partial charge in [0.05, 0.1) is 17.8 Å². The van der Waals surface area contributed by atoms with Crippen molar-refractivity contribution in [3.63, 3.8) is 0 Å². The van der Waals surface area contributed by atoms with E-state index < -0.39 is 11.7 Å². The lowest BCUT2D eigenvalue weighted by Gasteiger charge is -2.14. The van der Waals surface area contributed by atoms with Crippen molar-refractivity contribution < 1.29 is 18.0 Å². The molecule has 0 radical (unpaired) electrons. The normalized spacial score (nSPS) is 13.6. The van der Waals surface area contributed by atoms with Gasteiger partial charge in [0, 0.05) is 55.0 Å². The molecule has 0 bridgehead atoms. The molecule has 6 nitrogen and oxygen atoms in total. The van der Waals surface area contributed by atoms with Crippen molar-refractivity contribution in [3.8, 4) is 11.3 Å². The van der Waals surface area contributed by atoms with Gasteiger partial charge in [-0.3, -0.25) is 19.4 Å². The van der Waals surface area contributed by atoms with E-state index >= 15 is 0 Å². The van der Waals surface area contributed by atoms with E-state index in [9.17, 15) is 18.0 Å². The molecule has 35 heavy (non-hydrogen) atoms. The average Bonchev–Trinajstić information content (AvgIpc) is 3.51. The van der Waals surface area contributed by atoms with Gasteiger partial charge in [0.25, 0.3) is 5.91 Å². The molecular formula is C26H22F3N5O. The highest BCUT2D eigenvalue weighted by atomic mass is 19.4. The minimum absolute atomic E-state index is 0.297. The molecule has 0 aliphatic carbocycles. The number of hydrogen-bond acceptors (Lipinski definition) is 4. The minimum Gasteiger partial charge on any atom is -0.322 e. The van der Waals surface area contributed by atoms with Gasteiger partial charge in [0.15, 0.2) is 0 Å². The van der Waals surface area contributed by atoms with Crippen molar-refractivity contribution in [2.45, 2.75) is 25.8 Å². The lowest BCUT2D eigenvalue weighted by molar-refractivity contribution is -0.137. The SMILES string of the molecule is O=C(Nc1ccc2c(c1)CN(CCn1cccn1)C2)c1ccccc1-c1ccc(C(F)(F)F)cn1. The molecule has 1 aliphatic rings. The van der Waals surface area contributed by atoms with Crippen molar-refractivity contribution in [2.24, 2.45) is 0 Å². The predicted octanol–water partition coefficient (Wildman–Crippen LogP) is 5.23. The van der Waals surface area contributed by atoms with Gasteiger partial charge in [-0.2, -0.15) is 18.3 Å². The lowest BCUT2D eigenvalue weighted by Crippen LogP contribution is -2.22. The maximum atomic E-state index is 13.1. The van der Waals surface area contributed by atoms with Crippen LogP contribution in [0.3, 0.4) is 0 Å². The maximum absolute atomic E-state index is 13.1. The Bertz CT molecular complexity index is 1330. The predicted molar refractivity (Wildman–Crippen MR) is 125 cm³/mol. The summed E-state index contributed by atoms with van der Waals surface area (Å²) in [4.78, 5) is 19.4. The van der Waals surface area contributed by atoms with Crippen LogP contribution in [0, 0.1) is 0 Å². The topological polar surface area (TPSA) is 63.1 Å². The summed E-state index contributed by atoms with van der Waals surface area (Å²) in [7, 11) is 0. The summed E-state index contributed by atoms with van der Waals surface area (Å²) in [6.07, 6.45) is 0.0156. The molecule has 2 aromatic carbocycles. The van der Waals surface area contributed by atoms with Crippen molar-refractivity contribution in [2.75, 3.05) is 11.9 Å². The Morgan fingerprint density at radius 1 is 0.971 bits per heavy atom. The number of carbonyl (C=O) groups is 1. The number of nitrogens with one attached hydrogen (secondary N) is 1. The van der Waals surface area contributed by atoms with Gasteiger partial charge in [-0.05, 0) is 47.5 Å². The third kappa shape index (κ3) is 5.09. The fraction of sp³-hybridized carbons (Fsp3) is 0.192. The Balaban J connectivity index is 1.29. The largest absolute Gasteiger partial charge is 0.417 e. The molecule has 0 unspecified atom stereocenters. The van der Waals surface area contributed by atoms with E-state index in [0.717, 1.165) is 44.0 Å². The Morgan fingerprint density at radius 2 is 1.80 bits per heavy atom. The first-order valence-electron chi connectivity index (χ1n) is 11.1. The molecular weight excluding hydrogens is 455 g/mol. The molecule has 0 saturated heterocycles. The quantitative estimate of drug-likeness (QED) is 0.413. The molecule has 0 fully saturated rings. The molecule has 1 amide bonds. The molecule has 178 valence electrons. The zero-order chi connectivity index (χ0) is 24.4. The third-order valence-electron chi connectivity index (χ3n) is 6.00. The summed E-state index contributed by atoms with van der Waals surface area (Å²) in [6.45, 7) is 3.30. The van der Waals surface area contributed by atoms with E-state index in [2.05, 4.69) is 20.3 Å². The number of amides is 1. The number of benzene rings is 2. The Morgan fingerprint density at radius 3 is 2.54 bits per heavy atom. The van der Waals surface area contributed by atoms with E-state index in [1.165, 1.54) is 11.6 Å². The van der Waals surface area contributed by atoms with Gasteiger partial charge < -0.3 is 5.32 Å². The molecule has 0 spiro atoms. The molecule has 1 aliphatic heterocycles. The second-order valence-electron chi connectivity index (χ2n) is 8.39. The number of pyridine rings is 1. The van der Waals surface area contributed by atoms with E-state index in [1.807, 2.05) is 35.1 Å². The first-order chi connectivity index (χ1) is 16.9. The van der Waals surface area contributed by atoms with E-state index in [1.54, 1.807) is 30.5 Å². The summed E-state index contributed by atoms with van der Waals surface area (Å²) in [5.74, 6) is -0.351. The fourth-order valence-electron chi connectivity index (χ4n) is 4.20. The Kier molecular flexibility index (Phi) is 6.08. The van der Waals surface area contributed by atoms with Crippen molar-refractivity contribution in [3.05, 3.63) is 102 Å². The molecule has 0 atom stereocenters. The number of carbonyl (C=O) groups excluding carboxylic acids is 1. The van der Waals surface area contributed by atoms with E-state index in [4.69, 9.17) is 0 Å². The number of anilines is 1. The van der Waals surface area contributed by atoms with Crippen LogP contribution in [0.4, 0.5) is 18.9 Å². The van der Waals surface area contributed by atoms with Gasteiger partial charge in [-0.1, -0.05) is 24.3 Å². The molecule has 5 rings (SSSR count). The molecule has 9 heteroatoms. The second-order valence-corrected chi connectivity index (χ2v) is 8.39. The van der Waals surface area contributed by atoms with E-state index in [0.29, 0.717) is 22.5 Å². The summed E-state index contributed by atoms with van der Waals surface area (Å²) in [5.41, 5.74) is 3.30. The number of aromatic nitrogens is 3. The van der Waals surface area contributed by atoms with Gasteiger partial charge >= 0.3 is 6.18 Å². The number of nitrogens with zero attached hydrogens (tertiary/aromatic N) is 4. The monoisotopic (exact) mass is 477 g/mol. The summed E-state index contributed by atoms with van der Waals surface area (Å²) < 4.78 is 40.6. The van der Waals surface area contributed by atoms with Crippen LogP contribution in [0.25, 0.3) is 11.3 Å². The summed E-state index contributed by atoms with van der Waals surface area (Å²) in [5, 5.41) is 7.16. The average molecular weight is 477 g/mol. The first-order valence-corrected chi connectivity index (χ1v) is 11.1. The number of alkyl halides is 3. The van der Waals surface area contributed by atoms with Gasteiger partial charge in [-0.15, -0.1) is 0 Å². The maximum Gasteiger partial charge on any atom is 0.417 e. The van der Waals surface area contributed by atoms with Crippen molar-refractivity contribution >= 4 is 11.6 Å². The Hall–Kier alpha value is -3.98. The summed E-state index contributed by atoms with van der Waals surface area (Å²) in [6, 6.07) is 16.7. The van der Waals surface area contributed by atoms with Gasteiger partial charge in [-0.25, -0.2) is 0 Å². The van der Waals surface area contributed by atoms with E-state index in [-0.39, 0.29) is 5.91 Å². The van der Waals surface area contributed by atoms with Crippen LogP contribution >= 0.6 is 0 Å². The zero-order valence-electron chi connectivity index (χ0n) is 18.7. The van der Waals surface area contributed by atoms with Crippen molar-refractivity contribution in [1.29, 1.82) is 0 Å². The van der Waals surface area contributed by atoms with Crippen LogP contribution < -0.4 is 5.32 Å². The van der Waals surface area contributed by atoms with Crippen molar-refractivity contribution in [1.82, 2.24) is 19.7 Å². The zero-order valence-corrected chi connectivity index (χ0v) is 18.7. The van der Waals surface area contributed by atoms with Crippen LogP contribution in [0.1, 0.15) is 27.0 Å². The minimum atomic E-state index is -4.47. The highest BCUT2D eigenvalue weighted by Gasteiger charge is 2.30. The van der Waals surface area contributed by atoms with Gasteiger partial charge in [0.2, 0.25) is 0 Å². The number of hydrogen-bond donors (Lipinski definition) is 1. The summed E-state index contributed by atoms with van der Waals surface area (Å²) >= 11 is 0. The van der Waals surface area contributed by atoms with Crippen LogP contribution in [0.2, 0.25) is 0 Å². The number of halogens is 3. The second kappa shape index (κ2) is 9.34. The standard InChI is InChI=1S/C26H22F3N5O/c27-26(28,29)20-7-9-24(30-15-20)22-4-1-2-5-23(22)25(35)32-21-8-6-18-16-33(17-19(18)14-21)12-13-34-11-3-10-31-34/h1-11,14-15H,12-13,16-17H2,(H,32,35). The lowest BCUT2D eigenvalue weighted by atomic mass is 10.0. The number of fused-ring (bicyclic) bond motifs is 1.